The summed E-state index contributed by atoms with van der Waals surface area (Å²) in [6, 6.07) is 19.6. The van der Waals surface area contributed by atoms with Crippen LogP contribution in [0.4, 0.5) is 5.69 Å². The van der Waals surface area contributed by atoms with Crippen molar-refractivity contribution in [2.45, 2.75) is 32.7 Å². The average molecular weight is 394 g/mol. The Balaban J connectivity index is 1.54. The van der Waals surface area contributed by atoms with Crippen LogP contribution in [0.1, 0.15) is 38.3 Å². The number of amides is 2. The van der Waals surface area contributed by atoms with Gasteiger partial charge in [-0.2, -0.15) is 0 Å². The number of carbonyl (C=O) groups excluding carboxylic acids is 2. The highest BCUT2D eigenvalue weighted by Gasteiger charge is 2.27. The molecule has 1 fully saturated rings. The second kappa shape index (κ2) is 10.2. The number of rotatable bonds is 7. The van der Waals surface area contributed by atoms with Gasteiger partial charge >= 0.3 is 0 Å². The first kappa shape index (κ1) is 21.1. The maximum atomic E-state index is 12.7. The van der Waals surface area contributed by atoms with Gasteiger partial charge in [0.25, 0.3) is 0 Å². The fourth-order valence-corrected chi connectivity index (χ4v) is 3.90. The zero-order valence-corrected chi connectivity index (χ0v) is 17.3. The topological polar surface area (TPSA) is 61.4 Å². The van der Waals surface area contributed by atoms with E-state index in [0.29, 0.717) is 19.0 Å². The van der Waals surface area contributed by atoms with E-state index in [9.17, 15) is 9.59 Å². The SMILES string of the molecule is CC(C)C(NC(=O)CN1CCCC(C(=O)Nc2ccccc2)C1)c1ccccc1. The first-order valence-electron chi connectivity index (χ1n) is 10.5. The van der Waals surface area contributed by atoms with Crippen molar-refractivity contribution in [2.75, 3.05) is 25.0 Å². The van der Waals surface area contributed by atoms with Gasteiger partial charge in [0.15, 0.2) is 0 Å². The third kappa shape index (κ3) is 6.16. The first-order valence-corrected chi connectivity index (χ1v) is 10.5. The third-order valence-electron chi connectivity index (χ3n) is 5.43. The summed E-state index contributed by atoms with van der Waals surface area (Å²) in [5.41, 5.74) is 1.93. The van der Waals surface area contributed by atoms with Crippen LogP contribution in [-0.4, -0.2) is 36.3 Å². The summed E-state index contributed by atoms with van der Waals surface area (Å²) in [6.45, 7) is 6.01. The lowest BCUT2D eigenvalue weighted by molar-refractivity contribution is -0.126. The van der Waals surface area contributed by atoms with E-state index in [1.54, 1.807) is 0 Å². The molecule has 5 heteroatoms. The average Bonchev–Trinajstić information content (AvgIpc) is 2.73. The maximum Gasteiger partial charge on any atom is 0.234 e. The molecular formula is C24H31N3O2. The molecule has 0 saturated carbocycles. The molecule has 0 aliphatic carbocycles. The van der Waals surface area contributed by atoms with E-state index in [1.165, 1.54) is 0 Å². The van der Waals surface area contributed by atoms with Gasteiger partial charge in [-0.05, 0) is 43.0 Å². The van der Waals surface area contributed by atoms with E-state index in [4.69, 9.17) is 0 Å². The highest BCUT2D eigenvalue weighted by Crippen LogP contribution is 2.22. The van der Waals surface area contributed by atoms with Crippen molar-refractivity contribution in [1.29, 1.82) is 0 Å². The van der Waals surface area contributed by atoms with Crippen molar-refractivity contribution < 1.29 is 9.59 Å². The van der Waals surface area contributed by atoms with Crippen molar-refractivity contribution in [3.8, 4) is 0 Å². The van der Waals surface area contributed by atoms with E-state index in [0.717, 1.165) is 30.6 Å². The van der Waals surface area contributed by atoms with Crippen LogP contribution in [0.5, 0.6) is 0 Å². The summed E-state index contributed by atoms with van der Waals surface area (Å²) in [4.78, 5) is 27.4. The number of anilines is 1. The normalized spacial score (nSPS) is 18.2. The maximum absolute atomic E-state index is 12.7. The smallest absolute Gasteiger partial charge is 0.234 e. The lowest BCUT2D eigenvalue weighted by Gasteiger charge is -2.32. The fourth-order valence-electron chi connectivity index (χ4n) is 3.90. The number of likely N-dealkylation sites (tertiary alicyclic amines) is 1. The van der Waals surface area contributed by atoms with Crippen LogP contribution in [0, 0.1) is 11.8 Å². The van der Waals surface area contributed by atoms with Gasteiger partial charge in [0.1, 0.15) is 0 Å². The predicted octanol–water partition coefficient (Wildman–Crippen LogP) is 3.85. The molecule has 0 aromatic heterocycles. The van der Waals surface area contributed by atoms with E-state index in [-0.39, 0.29) is 23.8 Å². The number of nitrogens with one attached hydrogen (secondary N) is 2. The molecule has 1 aliphatic rings. The van der Waals surface area contributed by atoms with Crippen LogP contribution >= 0.6 is 0 Å². The Morgan fingerprint density at radius 1 is 1.03 bits per heavy atom. The van der Waals surface area contributed by atoms with Crippen LogP contribution in [0.2, 0.25) is 0 Å². The summed E-state index contributed by atoms with van der Waals surface area (Å²) in [6.07, 6.45) is 1.78. The lowest BCUT2D eigenvalue weighted by atomic mass is 9.95. The van der Waals surface area contributed by atoms with Gasteiger partial charge in [0.05, 0.1) is 18.5 Å². The summed E-state index contributed by atoms with van der Waals surface area (Å²) in [5, 5.41) is 6.17. The molecule has 5 nitrogen and oxygen atoms in total. The Bertz CT molecular complexity index is 792. The molecular weight excluding hydrogens is 362 g/mol. The van der Waals surface area contributed by atoms with Gasteiger partial charge in [0, 0.05) is 12.2 Å². The standard InChI is InChI=1S/C24H31N3O2/c1-18(2)23(19-10-5-3-6-11-19)26-22(28)17-27-15-9-12-20(16-27)24(29)25-21-13-7-4-8-14-21/h3-8,10-11,13-14,18,20,23H,9,12,15-17H2,1-2H3,(H,25,29)(H,26,28). The van der Waals surface area contributed by atoms with Gasteiger partial charge in [-0.1, -0.05) is 62.4 Å². The van der Waals surface area contributed by atoms with Crippen LogP contribution in [0.3, 0.4) is 0 Å². The number of piperidine rings is 1. The summed E-state index contributed by atoms with van der Waals surface area (Å²) in [7, 11) is 0. The summed E-state index contributed by atoms with van der Waals surface area (Å²) in [5.74, 6) is 0.251. The minimum absolute atomic E-state index is 0.00864. The van der Waals surface area contributed by atoms with Crippen molar-refractivity contribution in [3.63, 3.8) is 0 Å². The van der Waals surface area contributed by atoms with E-state index < -0.39 is 0 Å². The molecule has 1 saturated heterocycles. The molecule has 2 N–H and O–H groups in total. The van der Waals surface area contributed by atoms with Gasteiger partial charge < -0.3 is 10.6 Å². The molecule has 3 rings (SSSR count). The number of benzene rings is 2. The Morgan fingerprint density at radius 2 is 1.69 bits per heavy atom. The number of nitrogens with zero attached hydrogens (tertiary/aromatic N) is 1. The molecule has 1 aliphatic heterocycles. The van der Waals surface area contributed by atoms with E-state index in [2.05, 4.69) is 41.5 Å². The van der Waals surface area contributed by atoms with Crippen molar-refractivity contribution in [3.05, 3.63) is 66.2 Å². The largest absolute Gasteiger partial charge is 0.348 e. The van der Waals surface area contributed by atoms with Crippen molar-refractivity contribution in [2.24, 2.45) is 11.8 Å². The summed E-state index contributed by atoms with van der Waals surface area (Å²) >= 11 is 0. The molecule has 0 bridgehead atoms. The van der Waals surface area contributed by atoms with Gasteiger partial charge in [0.2, 0.25) is 11.8 Å². The second-order valence-corrected chi connectivity index (χ2v) is 8.13. The van der Waals surface area contributed by atoms with Crippen LogP contribution < -0.4 is 10.6 Å². The van der Waals surface area contributed by atoms with Gasteiger partial charge in [-0.15, -0.1) is 0 Å². The Labute approximate surface area is 173 Å². The number of para-hydroxylation sites is 1. The molecule has 29 heavy (non-hydrogen) atoms. The zero-order chi connectivity index (χ0) is 20.6. The molecule has 0 radical (unpaired) electrons. The summed E-state index contributed by atoms with van der Waals surface area (Å²) < 4.78 is 0. The number of hydrogen-bond acceptors (Lipinski definition) is 3. The molecule has 2 aromatic rings. The molecule has 2 aromatic carbocycles. The van der Waals surface area contributed by atoms with Crippen LogP contribution in [0.25, 0.3) is 0 Å². The third-order valence-corrected chi connectivity index (χ3v) is 5.43. The van der Waals surface area contributed by atoms with Crippen molar-refractivity contribution in [1.82, 2.24) is 10.2 Å². The first-order chi connectivity index (χ1) is 14.0. The van der Waals surface area contributed by atoms with Crippen LogP contribution in [0.15, 0.2) is 60.7 Å². The second-order valence-electron chi connectivity index (χ2n) is 8.13. The Hall–Kier alpha value is -2.66. The lowest BCUT2D eigenvalue weighted by Crippen LogP contribution is -2.46. The number of hydrogen-bond donors (Lipinski definition) is 2. The van der Waals surface area contributed by atoms with Gasteiger partial charge in [-0.25, -0.2) is 0 Å². The molecule has 1 heterocycles. The minimum atomic E-state index is -0.0909. The minimum Gasteiger partial charge on any atom is -0.348 e. The van der Waals surface area contributed by atoms with E-state index in [1.807, 2.05) is 48.5 Å². The fraction of sp³-hybridized carbons (Fsp3) is 0.417. The number of carbonyl (C=O) groups is 2. The van der Waals surface area contributed by atoms with Crippen LogP contribution in [-0.2, 0) is 9.59 Å². The van der Waals surface area contributed by atoms with Gasteiger partial charge in [-0.3, -0.25) is 14.5 Å². The highest BCUT2D eigenvalue weighted by atomic mass is 16.2. The molecule has 2 unspecified atom stereocenters. The molecule has 0 spiro atoms. The zero-order valence-electron chi connectivity index (χ0n) is 17.3. The molecule has 2 amide bonds. The molecule has 154 valence electrons. The quantitative estimate of drug-likeness (QED) is 0.751. The monoisotopic (exact) mass is 393 g/mol. The predicted molar refractivity (Wildman–Crippen MR) is 116 cm³/mol. The molecule has 2 atom stereocenters. The van der Waals surface area contributed by atoms with E-state index >= 15 is 0 Å². The Kier molecular flexibility index (Phi) is 7.42. The Morgan fingerprint density at radius 3 is 2.34 bits per heavy atom. The highest BCUT2D eigenvalue weighted by molar-refractivity contribution is 5.92. The van der Waals surface area contributed by atoms with Crippen molar-refractivity contribution >= 4 is 17.5 Å².